The van der Waals surface area contributed by atoms with Gasteiger partial charge in [0, 0.05) is 38.4 Å². The van der Waals surface area contributed by atoms with Crippen LogP contribution in [0.15, 0.2) is 46.3 Å². The highest BCUT2D eigenvalue weighted by Crippen LogP contribution is 2.05. The molecule has 0 aliphatic carbocycles. The van der Waals surface area contributed by atoms with Gasteiger partial charge in [-0.3, -0.25) is 9.98 Å². The molecule has 2 heterocycles. The number of furan rings is 1. The minimum Gasteiger partial charge on any atom is -0.469 e. The Morgan fingerprint density at radius 2 is 2.13 bits per heavy atom. The van der Waals surface area contributed by atoms with Crippen molar-refractivity contribution >= 4 is 29.9 Å². The number of aromatic nitrogens is 1. The second kappa shape index (κ2) is 11.0. The molecule has 6 heteroatoms. The zero-order valence-corrected chi connectivity index (χ0v) is 16.0. The van der Waals surface area contributed by atoms with Crippen LogP contribution in [0.4, 0.5) is 0 Å². The number of hydrogen-bond acceptors (Lipinski definition) is 3. The summed E-state index contributed by atoms with van der Waals surface area (Å²) in [7, 11) is 0. The predicted molar refractivity (Wildman–Crippen MR) is 104 cm³/mol. The summed E-state index contributed by atoms with van der Waals surface area (Å²) >= 11 is 0. The number of rotatable bonds is 7. The first kappa shape index (κ1) is 19.5. The van der Waals surface area contributed by atoms with Gasteiger partial charge in [0.2, 0.25) is 0 Å². The SMILES string of the molecule is CCNC(=NCCc1ccco1)NCCc1ccncc1C.I. The Kier molecular flexibility index (Phi) is 9.35. The molecule has 0 spiro atoms. The summed E-state index contributed by atoms with van der Waals surface area (Å²) < 4.78 is 5.31. The number of guanidine groups is 1. The Morgan fingerprint density at radius 3 is 2.83 bits per heavy atom. The maximum atomic E-state index is 5.31. The molecule has 0 saturated heterocycles. The molecule has 0 aliphatic rings. The van der Waals surface area contributed by atoms with Gasteiger partial charge in [-0.2, -0.15) is 0 Å². The van der Waals surface area contributed by atoms with Crippen LogP contribution in [0, 0.1) is 6.92 Å². The smallest absolute Gasteiger partial charge is 0.191 e. The molecule has 2 aromatic rings. The van der Waals surface area contributed by atoms with Crippen LogP contribution in [-0.2, 0) is 12.8 Å². The summed E-state index contributed by atoms with van der Waals surface area (Å²) in [6.07, 6.45) is 7.20. The molecule has 0 radical (unpaired) electrons. The lowest BCUT2D eigenvalue weighted by Gasteiger charge is -2.11. The zero-order valence-electron chi connectivity index (χ0n) is 13.7. The average Bonchev–Trinajstić information content (AvgIpc) is 3.02. The Morgan fingerprint density at radius 1 is 1.26 bits per heavy atom. The van der Waals surface area contributed by atoms with Gasteiger partial charge in [0.05, 0.1) is 6.26 Å². The number of aliphatic imine (C=N–C) groups is 1. The van der Waals surface area contributed by atoms with Crippen molar-refractivity contribution in [1.82, 2.24) is 15.6 Å². The van der Waals surface area contributed by atoms with E-state index < -0.39 is 0 Å². The standard InChI is InChI=1S/C17H24N4O.HI/c1-3-19-17(21-11-8-16-5-4-12-22-16)20-10-7-15-6-9-18-13-14(15)2;/h4-6,9,12-13H,3,7-8,10-11H2,1-2H3,(H2,19,20,21);1H. The molecule has 0 atom stereocenters. The average molecular weight is 428 g/mol. The summed E-state index contributed by atoms with van der Waals surface area (Å²) in [4.78, 5) is 8.68. The van der Waals surface area contributed by atoms with E-state index in [0.717, 1.165) is 37.7 Å². The molecule has 0 unspecified atom stereocenters. The quantitative estimate of drug-likeness (QED) is 0.405. The third kappa shape index (κ3) is 7.02. The first-order valence-electron chi connectivity index (χ1n) is 7.73. The Bertz CT molecular complexity index is 584. The first-order chi connectivity index (χ1) is 10.8. The first-order valence-corrected chi connectivity index (χ1v) is 7.73. The molecule has 2 N–H and O–H groups in total. The van der Waals surface area contributed by atoms with Crippen molar-refractivity contribution in [3.05, 3.63) is 53.7 Å². The van der Waals surface area contributed by atoms with Gasteiger partial charge >= 0.3 is 0 Å². The lowest BCUT2D eigenvalue weighted by molar-refractivity contribution is 0.510. The molecule has 2 rings (SSSR count). The molecule has 23 heavy (non-hydrogen) atoms. The summed E-state index contributed by atoms with van der Waals surface area (Å²) in [6.45, 7) is 6.55. The van der Waals surface area contributed by atoms with Crippen LogP contribution in [-0.4, -0.2) is 30.6 Å². The van der Waals surface area contributed by atoms with Crippen LogP contribution < -0.4 is 10.6 Å². The van der Waals surface area contributed by atoms with E-state index in [1.165, 1.54) is 11.1 Å². The zero-order chi connectivity index (χ0) is 15.6. The van der Waals surface area contributed by atoms with Crippen molar-refractivity contribution in [3.8, 4) is 0 Å². The van der Waals surface area contributed by atoms with Gasteiger partial charge in [-0.05, 0) is 49.6 Å². The third-order valence-electron chi connectivity index (χ3n) is 3.38. The lowest BCUT2D eigenvalue weighted by atomic mass is 10.1. The molecular formula is C17H25IN4O. The molecular weight excluding hydrogens is 403 g/mol. The maximum Gasteiger partial charge on any atom is 0.191 e. The van der Waals surface area contributed by atoms with Crippen LogP contribution in [0.3, 0.4) is 0 Å². The van der Waals surface area contributed by atoms with Crippen LogP contribution in [0.1, 0.15) is 23.8 Å². The molecule has 0 bridgehead atoms. The Labute approximate surface area is 155 Å². The summed E-state index contributed by atoms with van der Waals surface area (Å²) in [5.41, 5.74) is 2.54. The summed E-state index contributed by atoms with van der Waals surface area (Å²) in [5, 5.41) is 6.62. The van der Waals surface area contributed by atoms with E-state index in [1.807, 2.05) is 24.5 Å². The van der Waals surface area contributed by atoms with Crippen LogP contribution in [0.5, 0.6) is 0 Å². The number of halogens is 1. The van der Waals surface area contributed by atoms with Crippen molar-refractivity contribution < 1.29 is 4.42 Å². The van der Waals surface area contributed by atoms with Gasteiger partial charge in [0.15, 0.2) is 5.96 Å². The van der Waals surface area contributed by atoms with E-state index in [-0.39, 0.29) is 24.0 Å². The number of nitrogens with one attached hydrogen (secondary N) is 2. The van der Waals surface area contributed by atoms with Crippen molar-refractivity contribution in [2.75, 3.05) is 19.6 Å². The van der Waals surface area contributed by atoms with Crippen molar-refractivity contribution in [2.24, 2.45) is 4.99 Å². The maximum absolute atomic E-state index is 5.31. The molecule has 0 amide bonds. The van der Waals surface area contributed by atoms with E-state index >= 15 is 0 Å². The van der Waals surface area contributed by atoms with Crippen molar-refractivity contribution in [3.63, 3.8) is 0 Å². The lowest BCUT2D eigenvalue weighted by Crippen LogP contribution is -2.38. The van der Waals surface area contributed by atoms with E-state index in [0.29, 0.717) is 6.54 Å². The molecule has 0 fully saturated rings. The topological polar surface area (TPSA) is 62.5 Å². The number of pyridine rings is 1. The normalized spacial score (nSPS) is 11.0. The molecule has 0 saturated carbocycles. The van der Waals surface area contributed by atoms with Gasteiger partial charge in [-0.25, -0.2) is 0 Å². The van der Waals surface area contributed by atoms with E-state index in [2.05, 4.69) is 40.5 Å². The number of aryl methyl sites for hydroxylation is 1. The van der Waals surface area contributed by atoms with E-state index in [1.54, 1.807) is 6.26 Å². The molecule has 126 valence electrons. The fourth-order valence-corrected chi connectivity index (χ4v) is 2.17. The van der Waals surface area contributed by atoms with Crippen LogP contribution in [0.25, 0.3) is 0 Å². The summed E-state index contributed by atoms with van der Waals surface area (Å²) in [5.74, 6) is 1.81. The molecule has 0 aliphatic heterocycles. The van der Waals surface area contributed by atoms with Gasteiger partial charge in [-0.15, -0.1) is 24.0 Å². The Balaban J connectivity index is 0.00000264. The fourth-order valence-electron chi connectivity index (χ4n) is 2.17. The van der Waals surface area contributed by atoms with Gasteiger partial charge in [0.1, 0.15) is 5.76 Å². The molecule has 2 aromatic heterocycles. The van der Waals surface area contributed by atoms with Gasteiger partial charge in [-0.1, -0.05) is 0 Å². The fraction of sp³-hybridized carbons (Fsp3) is 0.412. The number of hydrogen-bond donors (Lipinski definition) is 2. The number of nitrogens with zero attached hydrogens (tertiary/aromatic N) is 2. The molecule has 5 nitrogen and oxygen atoms in total. The highest BCUT2D eigenvalue weighted by molar-refractivity contribution is 14.0. The minimum absolute atomic E-state index is 0. The predicted octanol–water partition coefficient (Wildman–Crippen LogP) is 2.94. The molecule has 0 aromatic carbocycles. The summed E-state index contributed by atoms with van der Waals surface area (Å²) in [6, 6.07) is 5.94. The van der Waals surface area contributed by atoms with Crippen molar-refractivity contribution in [1.29, 1.82) is 0 Å². The monoisotopic (exact) mass is 428 g/mol. The van der Waals surface area contributed by atoms with Crippen LogP contribution >= 0.6 is 24.0 Å². The third-order valence-corrected chi connectivity index (χ3v) is 3.38. The van der Waals surface area contributed by atoms with Crippen LogP contribution in [0.2, 0.25) is 0 Å². The highest BCUT2D eigenvalue weighted by Gasteiger charge is 2.01. The van der Waals surface area contributed by atoms with E-state index in [9.17, 15) is 0 Å². The van der Waals surface area contributed by atoms with E-state index in [4.69, 9.17) is 4.42 Å². The van der Waals surface area contributed by atoms with Gasteiger partial charge in [0.25, 0.3) is 0 Å². The second-order valence-corrected chi connectivity index (χ2v) is 5.07. The van der Waals surface area contributed by atoms with Crippen molar-refractivity contribution in [2.45, 2.75) is 26.7 Å². The highest BCUT2D eigenvalue weighted by atomic mass is 127. The second-order valence-electron chi connectivity index (χ2n) is 5.07. The minimum atomic E-state index is 0. The Hall–Kier alpha value is -1.57. The largest absolute Gasteiger partial charge is 0.469 e. The van der Waals surface area contributed by atoms with Gasteiger partial charge < -0.3 is 15.1 Å².